The molecule has 2 aliphatic heterocycles. The Hall–Kier alpha value is -6.58. The van der Waals surface area contributed by atoms with Crippen LogP contribution in [0.3, 0.4) is 0 Å². The standard InChI is InChI=1S/C52H37BN2/c1-32-29-33(2)50(34(3)30-32)53-44-28-27-35(54-46-24-11-6-17-38(46)39-18-7-12-25-47(39)54)31-49(44)55-48-26-13-10-21-42(48)52(43-22-14-23-45(53)51(43)55)40-19-8-4-15-36(40)37-16-5-9-20-41(37)52/h4-31H,1-3H3. The van der Waals surface area contributed by atoms with E-state index in [9.17, 15) is 0 Å². The van der Waals surface area contributed by atoms with E-state index in [0.29, 0.717) is 0 Å². The van der Waals surface area contributed by atoms with Gasteiger partial charge in [0.05, 0.1) is 22.1 Å². The quantitative estimate of drug-likeness (QED) is 0.163. The largest absolute Gasteiger partial charge is 0.311 e. The Morgan fingerprint density at radius 3 is 1.69 bits per heavy atom. The van der Waals surface area contributed by atoms with E-state index < -0.39 is 5.41 Å². The molecule has 0 amide bonds. The number of hydrogen-bond acceptors (Lipinski definition) is 1. The third kappa shape index (κ3) is 3.85. The molecular weight excluding hydrogens is 663 g/mol. The van der Waals surface area contributed by atoms with Crippen molar-refractivity contribution >= 4 is 62.0 Å². The summed E-state index contributed by atoms with van der Waals surface area (Å²) >= 11 is 0. The van der Waals surface area contributed by atoms with Crippen LogP contribution in [-0.2, 0) is 5.41 Å². The number of fused-ring (bicyclic) bond motifs is 14. The number of aromatic nitrogens is 1. The average molecular weight is 701 g/mol. The van der Waals surface area contributed by atoms with Crippen LogP contribution < -0.4 is 21.3 Å². The first-order chi connectivity index (χ1) is 27.1. The topological polar surface area (TPSA) is 8.17 Å². The van der Waals surface area contributed by atoms with Gasteiger partial charge in [0.1, 0.15) is 0 Å². The van der Waals surface area contributed by atoms with Gasteiger partial charge in [0.25, 0.3) is 0 Å². The first kappa shape index (κ1) is 30.8. The highest BCUT2D eigenvalue weighted by Crippen LogP contribution is 2.63. The Balaban J connectivity index is 1.23. The molecule has 3 aliphatic rings. The molecule has 12 rings (SSSR count). The number of anilines is 3. The zero-order valence-corrected chi connectivity index (χ0v) is 31.1. The second kappa shape index (κ2) is 11.0. The van der Waals surface area contributed by atoms with Crippen LogP contribution in [0.15, 0.2) is 170 Å². The molecule has 9 aromatic rings. The third-order valence-corrected chi connectivity index (χ3v) is 12.9. The molecule has 8 aromatic carbocycles. The van der Waals surface area contributed by atoms with E-state index >= 15 is 0 Å². The van der Waals surface area contributed by atoms with Gasteiger partial charge < -0.3 is 9.47 Å². The summed E-state index contributed by atoms with van der Waals surface area (Å²) in [5.74, 6) is 0. The Kier molecular flexibility index (Phi) is 6.16. The van der Waals surface area contributed by atoms with Crippen LogP contribution in [0.4, 0.5) is 17.1 Å². The minimum atomic E-state index is -0.463. The molecule has 1 spiro atoms. The van der Waals surface area contributed by atoms with Crippen molar-refractivity contribution in [2.75, 3.05) is 4.90 Å². The summed E-state index contributed by atoms with van der Waals surface area (Å²) in [5, 5.41) is 2.55. The van der Waals surface area contributed by atoms with Gasteiger partial charge in [-0.1, -0.05) is 162 Å². The monoisotopic (exact) mass is 700 g/mol. The summed E-state index contributed by atoms with van der Waals surface area (Å²) in [5.41, 5.74) is 23.1. The maximum absolute atomic E-state index is 2.62. The molecule has 1 aromatic heterocycles. The highest BCUT2D eigenvalue weighted by atomic mass is 15.2. The number of para-hydroxylation sites is 4. The van der Waals surface area contributed by atoms with Crippen molar-refractivity contribution in [3.63, 3.8) is 0 Å². The Morgan fingerprint density at radius 1 is 0.455 bits per heavy atom. The van der Waals surface area contributed by atoms with E-state index in [1.807, 2.05) is 0 Å². The van der Waals surface area contributed by atoms with Crippen LogP contribution in [-0.4, -0.2) is 11.3 Å². The van der Waals surface area contributed by atoms with Gasteiger partial charge in [0.2, 0.25) is 6.71 Å². The fraction of sp³-hybridized carbons (Fsp3) is 0.0769. The predicted molar refractivity (Wildman–Crippen MR) is 232 cm³/mol. The summed E-state index contributed by atoms with van der Waals surface area (Å²) in [4.78, 5) is 2.62. The molecule has 0 unspecified atom stereocenters. The van der Waals surface area contributed by atoms with E-state index in [4.69, 9.17) is 0 Å². The number of hydrogen-bond donors (Lipinski definition) is 0. The van der Waals surface area contributed by atoms with E-state index in [1.54, 1.807) is 0 Å². The van der Waals surface area contributed by atoms with E-state index in [0.717, 1.165) is 0 Å². The first-order valence-electron chi connectivity index (χ1n) is 19.5. The summed E-state index contributed by atoms with van der Waals surface area (Å²) < 4.78 is 2.46. The van der Waals surface area contributed by atoms with Crippen molar-refractivity contribution in [2.24, 2.45) is 0 Å². The normalized spacial score (nSPS) is 14.2. The zero-order valence-electron chi connectivity index (χ0n) is 31.1. The second-order valence-corrected chi connectivity index (χ2v) is 15.8. The molecule has 3 heterocycles. The molecule has 55 heavy (non-hydrogen) atoms. The minimum Gasteiger partial charge on any atom is -0.311 e. The molecule has 3 heteroatoms. The Labute approximate surface area is 322 Å². The first-order valence-corrected chi connectivity index (χ1v) is 19.5. The summed E-state index contributed by atoms with van der Waals surface area (Å²) in [6, 6.07) is 64.3. The van der Waals surface area contributed by atoms with E-state index in [-0.39, 0.29) is 6.71 Å². The van der Waals surface area contributed by atoms with Crippen molar-refractivity contribution in [2.45, 2.75) is 26.2 Å². The predicted octanol–water partition coefficient (Wildman–Crippen LogP) is 10.7. The lowest BCUT2D eigenvalue weighted by atomic mass is 9.33. The minimum absolute atomic E-state index is 0.0585. The van der Waals surface area contributed by atoms with Gasteiger partial charge in [-0.2, -0.15) is 0 Å². The molecule has 1 aliphatic carbocycles. The highest BCUT2D eigenvalue weighted by Gasteiger charge is 2.54. The third-order valence-electron chi connectivity index (χ3n) is 12.9. The molecule has 0 radical (unpaired) electrons. The van der Waals surface area contributed by atoms with Crippen LogP contribution in [0.1, 0.15) is 38.9 Å². The molecule has 258 valence electrons. The summed E-state index contributed by atoms with van der Waals surface area (Å²) in [7, 11) is 0. The Bertz CT molecular complexity index is 2990. The fourth-order valence-electron chi connectivity index (χ4n) is 11.1. The number of benzene rings is 8. The van der Waals surface area contributed by atoms with Crippen LogP contribution in [0, 0.1) is 20.8 Å². The van der Waals surface area contributed by atoms with Crippen molar-refractivity contribution in [1.82, 2.24) is 4.57 Å². The fourth-order valence-corrected chi connectivity index (χ4v) is 11.1. The van der Waals surface area contributed by atoms with Gasteiger partial charge in [-0.05, 0) is 95.4 Å². The average Bonchev–Trinajstić information content (AvgIpc) is 3.71. The van der Waals surface area contributed by atoms with Gasteiger partial charge in [0.15, 0.2) is 0 Å². The molecule has 0 bridgehead atoms. The van der Waals surface area contributed by atoms with E-state index in [2.05, 4.69) is 200 Å². The lowest BCUT2D eigenvalue weighted by Crippen LogP contribution is -2.60. The SMILES string of the molecule is Cc1cc(C)c(B2c3ccc(-n4c5ccccc5c5ccccc54)cc3N3c4ccccc4C4(c5ccccc5-c5ccccc54)c4cccc2c43)c(C)c1. The molecular formula is C52H37BN2. The summed E-state index contributed by atoms with van der Waals surface area (Å²) in [6.07, 6.45) is 0. The maximum Gasteiger partial charge on any atom is 0.247 e. The number of nitrogens with zero attached hydrogens (tertiary/aromatic N) is 2. The molecule has 0 atom stereocenters. The summed E-state index contributed by atoms with van der Waals surface area (Å²) in [6.45, 7) is 6.90. The van der Waals surface area contributed by atoms with Crippen molar-refractivity contribution in [3.8, 4) is 16.8 Å². The van der Waals surface area contributed by atoms with Gasteiger partial charge in [-0.3, -0.25) is 0 Å². The van der Waals surface area contributed by atoms with Crippen LogP contribution in [0.25, 0.3) is 38.6 Å². The lowest BCUT2D eigenvalue weighted by Gasteiger charge is -2.49. The van der Waals surface area contributed by atoms with Crippen molar-refractivity contribution in [3.05, 3.63) is 209 Å². The van der Waals surface area contributed by atoms with E-state index in [1.165, 1.54) is 111 Å². The smallest absolute Gasteiger partial charge is 0.247 e. The van der Waals surface area contributed by atoms with Gasteiger partial charge in [-0.25, -0.2) is 0 Å². The Morgan fingerprint density at radius 2 is 1.02 bits per heavy atom. The van der Waals surface area contributed by atoms with Crippen LogP contribution >= 0.6 is 0 Å². The molecule has 2 nitrogen and oxygen atoms in total. The van der Waals surface area contributed by atoms with Crippen molar-refractivity contribution < 1.29 is 0 Å². The number of rotatable bonds is 2. The van der Waals surface area contributed by atoms with Gasteiger partial charge in [0, 0.05) is 27.8 Å². The van der Waals surface area contributed by atoms with Gasteiger partial charge in [-0.15, -0.1) is 0 Å². The highest BCUT2D eigenvalue weighted by molar-refractivity contribution is 6.98. The molecule has 0 saturated heterocycles. The molecule has 0 saturated carbocycles. The van der Waals surface area contributed by atoms with Gasteiger partial charge >= 0.3 is 0 Å². The zero-order chi connectivity index (χ0) is 36.6. The van der Waals surface area contributed by atoms with Crippen LogP contribution in [0.5, 0.6) is 0 Å². The molecule has 0 fully saturated rings. The lowest BCUT2D eigenvalue weighted by molar-refractivity contribution is 0.753. The van der Waals surface area contributed by atoms with Crippen LogP contribution in [0.2, 0.25) is 0 Å². The maximum atomic E-state index is 2.62. The second-order valence-electron chi connectivity index (χ2n) is 15.8. The molecule has 0 N–H and O–H groups in total. The van der Waals surface area contributed by atoms with Crippen molar-refractivity contribution in [1.29, 1.82) is 0 Å². The number of aryl methyl sites for hydroxylation is 3.